The van der Waals surface area contributed by atoms with Crippen LogP contribution >= 0.6 is 11.3 Å². The van der Waals surface area contributed by atoms with Gasteiger partial charge < -0.3 is 14.6 Å². The summed E-state index contributed by atoms with van der Waals surface area (Å²) in [5.74, 6) is -2.49. The number of halogens is 2. The summed E-state index contributed by atoms with van der Waals surface area (Å²) in [4.78, 5) is 15.6. The van der Waals surface area contributed by atoms with Crippen molar-refractivity contribution in [2.24, 2.45) is 5.92 Å². The van der Waals surface area contributed by atoms with Crippen molar-refractivity contribution in [1.29, 1.82) is 0 Å². The molecule has 0 bridgehead atoms. The van der Waals surface area contributed by atoms with Crippen molar-refractivity contribution in [2.45, 2.75) is 39.2 Å². The summed E-state index contributed by atoms with van der Waals surface area (Å²) >= 11 is 1.36. The average Bonchev–Trinajstić information content (AvgIpc) is 3.34. The zero-order valence-electron chi connectivity index (χ0n) is 15.0. The van der Waals surface area contributed by atoms with E-state index in [9.17, 15) is 13.6 Å². The van der Waals surface area contributed by atoms with Crippen LogP contribution in [0, 0.1) is 24.5 Å². The number of ether oxygens (including phenoxy) is 2. The van der Waals surface area contributed by atoms with Gasteiger partial charge in [-0.2, -0.15) is 0 Å². The number of carboxylic acids is 1. The molecule has 1 aromatic heterocycles. The molecular formula is C19H21F2NO4S. The van der Waals surface area contributed by atoms with Crippen molar-refractivity contribution in [3.63, 3.8) is 0 Å². The molecule has 1 aliphatic rings. The second-order valence-electron chi connectivity index (χ2n) is 6.58. The minimum Gasteiger partial charge on any atom is -0.488 e. The molecule has 0 radical (unpaired) electrons. The fourth-order valence-corrected chi connectivity index (χ4v) is 3.54. The molecule has 27 heavy (non-hydrogen) atoms. The summed E-state index contributed by atoms with van der Waals surface area (Å²) in [6, 6.07) is 2.43. The van der Waals surface area contributed by atoms with Crippen molar-refractivity contribution in [3.05, 3.63) is 34.5 Å². The monoisotopic (exact) mass is 397 g/mol. The Morgan fingerprint density at radius 2 is 2.04 bits per heavy atom. The molecule has 1 aromatic carbocycles. The van der Waals surface area contributed by atoms with Gasteiger partial charge in [0, 0.05) is 13.0 Å². The smallest absolute Gasteiger partial charge is 0.303 e. The van der Waals surface area contributed by atoms with Crippen LogP contribution in [0.25, 0.3) is 10.4 Å². The predicted octanol–water partition coefficient (Wildman–Crippen LogP) is 4.57. The molecule has 5 nitrogen and oxygen atoms in total. The number of rotatable bonds is 10. The topological polar surface area (TPSA) is 68.7 Å². The zero-order chi connectivity index (χ0) is 19.4. The highest BCUT2D eigenvalue weighted by Crippen LogP contribution is 2.35. The van der Waals surface area contributed by atoms with E-state index in [4.69, 9.17) is 14.6 Å². The Bertz CT molecular complexity index is 797. The molecule has 0 spiro atoms. The third-order valence-corrected chi connectivity index (χ3v) is 5.20. The number of aliphatic carboxylic acids is 1. The number of aryl methyl sites for hydroxylation is 1. The molecule has 0 unspecified atom stereocenters. The fraction of sp³-hybridized carbons (Fsp3) is 0.474. The normalized spacial score (nSPS) is 13.7. The van der Waals surface area contributed by atoms with Crippen LogP contribution in [0.1, 0.15) is 36.4 Å². The highest BCUT2D eigenvalue weighted by Gasteiger charge is 2.22. The van der Waals surface area contributed by atoms with Gasteiger partial charge in [-0.25, -0.2) is 13.8 Å². The molecule has 0 saturated heterocycles. The van der Waals surface area contributed by atoms with Crippen molar-refractivity contribution in [3.8, 4) is 16.2 Å². The zero-order valence-corrected chi connectivity index (χ0v) is 15.8. The molecule has 1 aliphatic carbocycles. The first-order valence-electron chi connectivity index (χ1n) is 8.82. The van der Waals surface area contributed by atoms with Crippen LogP contribution in [0.2, 0.25) is 0 Å². The van der Waals surface area contributed by atoms with Gasteiger partial charge in [-0.1, -0.05) is 0 Å². The predicted molar refractivity (Wildman–Crippen MR) is 96.9 cm³/mol. The van der Waals surface area contributed by atoms with E-state index >= 15 is 0 Å². The van der Waals surface area contributed by atoms with Crippen LogP contribution in [0.4, 0.5) is 8.78 Å². The summed E-state index contributed by atoms with van der Waals surface area (Å²) in [6.07, 6.45) is 2.43. The van der Waals surface area contributed by atoms with E-state index in [2.05, 4.69) is 4.98 Å². The van der Waals surface area contributed by atoms with Crippen molar-refractivity contribution in [2.75, 3.05) is 13.2 Å². The molecule has 0 aliphatic heterocycles. The van der Waals surface area contributed by atoms with Crippen LogP contribution in [-0.4, -0.2) is 29.3 Å². The Morgan fingerprint density at radius 3 is 2.67 bits per heavy atom. The van der Waals surface area contributed by atoms with Gasteiger partial charge in [-0.05, 0) is 49.8 Å². The average molecular weight is 397 g/mol. The van der Waals surface area contributed by atoms with Crippen molar-refractivity contribution in [1.82, 2.24) is 4.98 Å². The van der Waals surface area contributed by atoms with Gasteiger partial charge >= 0.3 is 5.97 Å². The van der Waals surface area contributed by atoms with Crippen molar-refractivity contribution < 1.29 is 28.2 Å². The fourth-order valence-electron chi connectivity index (χ4n) is 2.63. The maximum Gasteiger partial charge on any atom is 0.303 e. The minimum absolute atomic E-state index is 0.0700. The number of nitrogens with zero attached hydrogens (tertiary/aromatic N) is 1. The van der Waals surface area contributed by atoms with Gasteiger partial charge in [-0.15, -0.1) is 11.3 Å². The number of hydrogen-bond acceptors (Lipinski definition) is 5. The van der Waals surface area contributed by atoms with E-state index in [1.807, 2.05) is 6.92 Å². The lowest BCUT2D eigenvalue weighted by Gasteiger charge is -2.10. The van der Waals surface area contributed by atoms with Crippen molar-refractivity contribution >= 4 is 17.3 Å². The summed E-state index contributed by atoms with van der Waals surface area (Å²) in [7, 11) is 0. The number of carboxylic acid groups (broad SMARTS) is 1. The number of thiazole rings is 1. The third kappa shape index (κ3) is 5.46. The van der Waals surface area contributed by atoms with E-state index < -0.39 is 23.4 Å². The first kappa shape index (κ1) is 19.7. The Morgan fingerprint density at radius 1 is 1.33 bits per heavy atom. The Kier molecular flexibility index (Phi) is 6.38. The summed E-state index contributed by atoms with van der Waals surface area (Å²) in [5.41, 5.74) is 1.06. The maximum atomic E-state index is 14.4. The summed E-state index contributed by atoms with van der Waals surface area (Å²) < 4.78 is 39.5. The highest BCUT2D eigenvalue weighted by molar-refractivity contribution is 7.15. The van der Waals surface area contributed by atoms with Gasteiger partial charge in [0.25, 0.3) is 0 Å². The quantitative estimate of drug-likeness (QED) is 0.595. The van der Waals surface area contributed by atoms with Crippen LogP contribution in [0.5, 0.6) is 5.75 Å². The Hall–Kier alpha value is -2.06. The van der Waals surface area contributed by atoms with E-state index in [0.29, 0.717) is 35.3 Å². The van der Waals surface area contributed by atoms with Gasteiger partial charge in [0.05, 0.1) is 28.8 Å². The van der Waals surface area contributed by atoms with Crippen LogP contribution in [-0.2, 0) is 16.1 Å². The number of aromatic nitrogens is 1. The standard InChI is InChI=1S/C19H21F2NO4S/c1-11-22-16(10-25-9-12-4-5-12)19(27-11)13-7-14(20)18(15(21)8-13)26-6-2-3-17(23)24/h7-8,12H,2-6,9-10H2,1H3,(H,23,24). The van der Waals surface area contributed by atoms with Gasteiger partial charge in [0.15, 0.2) is 17.4 Å². The van der Waals surface area contributed by atoms with E-state index in [-0.39, 0.29) is 19.4 Å². The summed E-state index contributed by atoms with van der Waals surface area (Å²) in [5, 5.41) is 9.38. The van der Waals surface area contributed by atoms with Gasteiger partial charge in [-0.3, -0.25) is 4.79 Å². The molecule has 146 valence electrons. The molecule has 1 heterocycles. The lowest BCUT2D eigenvalue weighted by Crippen LogP contribution is -2.05. The number of carbonyl (C=O) groups is 1. The van der Waals surface area contributed by atoms with Crippen LogP contribution in [0.3, 0.4) is 0 Å². The molecule has 1 fully saturated rings. The van der Waals surface area contributed by atoms with Crippen LogP contribution < -0.4 is 4.74 Å². The van der Waals surface area contributed by atoms with Gasteiger partial charge in [0.1, 0.15) is 0 Å². The lowest BCUT2D eigenvalue weighted by molar-refractivity contribution is -0.137. The first-order valence-corrected chi connectivity index (χ1v) is 9.63. The number of hydrogen-bond donors (Lipinski definition) is 1. The molecule has 8 heteroatoms. The SMILES string of the molecule is Cc1nc(COCC2CC2)c(-c2cc(F)c(OCCCC(=O)O)c(F)c2)s1. The molecule has 3 rings (SSSR count). The largest absolute Gasteiger partial charge is 0.488 e. The minimum atomic E-state index is -0.980. The molecule has 1 saturated carbocycles. The lowest BCUT2D eigenvalue weighted by atomic mass is 10.1. The molecular weight excluding hydrogens is 376 g/mol. The van der Waals surface area contributed by atoms with E-state index in [1.165, 1.54) is 36.3 Å². The first-order chi connectivity index (χ1) is 12.9. The molecule has 2 aromatic rings. The summed E-state index contributed by atoms with van der Waals surface area (Å²) in [6.45, 7) is 2.76. The highest BCUT2D eigenvalue weighted by atomic mass is 32.1. The third-order valence-electron chi connectivity index (χ3n) is 4.14. The van der Waals surface area contributed by atoms with E-state index in [1.54, 1.807) is 0 Å². The Balaban J connectivity index is 1.72. The second-order valence-corrected chi connectivity index (χ2v) is 7.79. The van der Waals surface area contributed by atoms with Gasteiger partial charge in [0.2, 0.25) is 0 Å². The maximum absolute atomic E-state index is 14.4. The molecule has 0 amide bonds. The Labute approximate surface area is 160 Å². The van der Waals surface area contributed by atoms with E-state index in [0.717, 1.165) is 5.01 Å². The number of benzene rings is 1. The second kappa shape index (κ2) is 8.75. The molecule has 1 N–H and O–H groups in total. The molecule has 0 atom stereocenters. The van der Waals surface area contributed by atoms with Crippen LogP contribution in [0.15, 0.2) is 12.1 Å².